The summed E-state index contributed by atoms with van der Waals surface area (Å²) in [6, 6.07) is 7.04. The molecule has 0 bridgehead atoms. The maximum Gasteiger partial charge on any atom is 0.341 e. The second-order valence-corrected chi connectivity index (χ2v) is 4.17. The quantitative estimate of drug-likeness (QED) is 0.814. The van der Waals surface area contributed by atoms with Gasteiger partial charge in [-0.05, 0) is 6.07 Å². The van der Waals surface area contributed by atoms with Crippen molar-refractivity contribution in [3.05, 3.63) is 29.8 Å². The van der Waals surface area contributed by atoms with Crippen molar-refractivity contribution in [2.45, 2.75) is 6.92 Å². The van der Waals surface area contributed by atoms with Gasteiger partial charge in [-0.1, -0.05) is 29.5 Å². The van der Waals surface area contributed by atoms with E-state index in [1.165, 1.54) is 6.92 Å². The molecule has 0 aliphatic rings. The van der Waals surface area contributed by atoms with Gasteiger partial charge in [-0.25, -0.2) is 4.79 Å². The van der Waals surface area contributed by atoms with Crippen LogP contribution in [0.25, 0.3) is 10.1 Å². The number of thiophene rings is 1. The van der Waals surface area contributed by atoms with Crippen LogP contribution in [0.5, 0.6) is 5.06 Å². The molecule has 5 heteroatoms. The lowest BCUT2D eigenvalue weighted by Gasteiger charge is -1.98. The SMILES string of the molecule is CC(=O)Oc1sc2ccccc2c1C(=O)O. The van der Waals surface area contributed by atoms with Gasteiger partial charge >= 0.3 is 11.9 Å². The molecule has 2 rings (SSSR count). The van der Waals surface area contributed by atoms with Crippen LogP contribution in [0.15, 0.2) is 24.3 Å². The maximum absolute atomic E-state index is 11.1. The van der Waals surface area contributed by atoms with Crippen molar-refractivity contribution in [2.75, 3.05) is 0 Å². The van der Waals surface area contributed by atoms with Crippen LogP contribution in [-0.4, -0.2) is 17.0 Å². The average molecular weight is 236 g/mol. The first-order valence-electron chi connectivity index (χ1n) is 4.53. The molecule has 0 saturated carbocycles. The second kappa shape index (κ2) is 3.94. The summed E-state index contributed by atoms with van der Waals surface area (Å²) in [6.45, 7) is 1.25. The summed E-state index contributed by atoms with van der Waals surface area (Å²) in [7, 11) is 0. The molecule has 1 heterocycles. The van der Waals surface area contributed by atoms with E-state index in [1.54, 1.807) is 18.2 Å². The zero-order chi connectivity index (χ0) is 11.7. The monoisotopic (exact) mass is 236 g/mol. The Balaban J connectivity index is 2.68. The zero-order valence-electron chi connectivity index (χ0n) is 8.39. The molecule has 0 aliphatic carbocycles. The van der Waals surface area contributed by atoms with Gasteiger partial charge in [0.15, 0.2) is 5.06 Å². The molecule has 2 aromatic rings. The first-order chi connectivity index (χ1) is 7.59. The molecule has 0 amide bonds. The van der Waals surface area contributed by atoms with E-state index in [1.807, 2.05) is 6.07 Å². The molecular weight excluding hydrogens is 228 g/mol. The Kier molecular flexibility index (Phi) is 2.62. The summed E-state index contributed by atoms with van der Waals surface area (Å²) in [6.07, 6.45) is 0. The minimum absolute atomic E-state index is 0.0517. The Bertz CT molecular complexity index is 570. The average Bonchev–Trinajstić information content (AvgIpc) is 2.53. The van der Waals surface area contributed by atoms with Gasteiger partial charge in [0, 0.05) is 17.0 Å². The van der Waals surface area contributed by atoms with Crippen LogP contribution >= 0.6 is 11.3 Å². The highest BCUT2D eigenvalue weighted by atomic mass is 32.1. The summed E-state index contributed by atoms with van der Waals surface area (Å²) < 4.78 is 5.68. The largest absolute Gasteiger partial charge is 0.478 e. The number of carbonyl (C=O) groups is 2. The summed E-state index contributed by atoms with van der Waals surface area (Å²) in [4.78, 5) is 22.0. The van der Waals surface area contributed by atoms with Gasteiger partial charge in [0.2, 0.25) is 0 Å². The predicted octanol–water partition coefficient (Wildman–Crippen LogP) is 2.52. The fourth-order valence-corrected chi connectivity index (χ4v) is 2.51. The zero-order valence-corrected chi connectivity index (χ0v) is 9.21. The van der Waals surface area contributed by atoms with Gasteiger partial charge in [-0.3, -0.25) is 4.79 Å². The second-order valence-electron chi connectivity index (χ2n) is 3.16. The molecule has 0 aliphatic heterocycles. The summed E-state index contributed by atoms with van der Waals surface area (Å²) >= 11 is 1.16. The third-order valence-electron chi connectivity index (χ3n) is 2.01. The first-order valence-corrected chi connectivity index (χ1v) is 5.34. The van der Waals surface area contributed by atoms with Crippen LogP contribution in [0.1, 0.15) is 17.3 Å². The Morgan fingerprint density at radius 1 is 1.31 bits per heavy atom. The molecule has 0 unspecified atom stereocenters. The van der Waals surface area contributed by atoms with Crippen LogP contribution in [0, 0.1) is 0 Å². The van der Waals surface area contributed by atoms with Crippen molar-refractivity contribution in [3.8, 4) is 5.06 Å². The van der Waals surface area contributed by atoms with Gasteiger partial charge < -0.3 is 9.84 Å². The van der Waals surface area contributed by atoms with Crippen LogP contribution < -0.4 is 4.74 Å². The molecule has 0 saturated heterocycles. The molecule has 1 aromatic carbocycles. The lowest BCUT2D eigenvalue weighted by molar-refractivity contribution is -0.131. The molecule has 0 radical (unpaired) electrons. The Morgan fingerprint density at radius 3 is 2.62 bits per heavy atom. The molecule has 0 fully saturated rings. The van der Waals surface area contributed by atoms with Crippen LogP contribution in [-0.2, 0) is 4.79 Å². The summed E-state index contributed by atoms with van der Waals surface area (Å²) in [5.41, 5.74) is 0.0517. The topological polar surface area (TPSA) is 63.6 Å². The minimum atomic E-state index is -1.09. The van der Waals surface area contributed by atoms with E-state index in [4.69, 9.17) is 9.84 Å². The molecule has 0 spiro atoms. The first kappa shape index (κ1) is 10.6. The minimum Gasteiger partial charge on any atom is -0.478 e. The summed E-state index contributed by atoms with van der Waals surface area (Å²) in [5, 5.41) is 9.81. The highest BCUT2D eigenvalue weighted by Crippen LogP contribution is 2.37. The van der Waals surface area contributed by atoms with E-state index >= 15 is 0 Å². The Labute approximate surface area is 95.1 Å². The molecule has 16 heavy (non-hydrogen) atoms. The van der Waals surface area contributed by atoms with Crippen molar-refractivity contribution in [3.63, 3.8) is 0 Å². The van der Waals surface area contributed by atoms with E-state index in [0.717, 1.165) is 16.0 Å². The van der Waals surface area contributed by atoms with Crippen LogP contribution in [0.4, 0.5) is 0 Å². The molecule has 0 atom stereocenters. The number of carboxylic acids is 1. The fourth-order valence-electron chi connectivity index (χ4n) is 1.43. The molecule has 1 aromatic heterocycles. The standard InChI is InChI=1S/C11H8O4S/c1-6(12)15-11-9(10(13)14)7-4-2-3-5-8(7)16-11/h2-5H,1H3,(H,13,14). The van der Waals surface area contributed by atoms with Crippen LogP contribution in [0.2, 0.25) is 0 Å². The van der Waals surface area contributed by atoms with E-state index in [2.05, 4.69) is 0 Å². The van der Waals surface area contributed by atoms with Gasteiger partial charge in [0.25, 0.3) is 0 Å². The van der Waals surface area contributed by atoms with Crippen molar-refractivity contribution < 1.29 is 19.4 Å². The number of fused-ring (bicyclic) bond motifs is 1. The number of aromatic carboxylic acids is 1. The van der Waals surface area contributed by atoms with Gasteiger partial charge in [0.1, 0.15) is 5.56 Å². The molecule has 82 valence electrons. The van der Waals surface area contributed by atoms with Crippen LogP contribution in [0.3, 0.4) is 0 Å². The molecule has 1 N–H and O–H groups in total. The third kappa shape index (κ3) is 1.77. The number of ether oxygens (including phenoxy) is 1. The maximum atomic E-state index is 11.1. The highest BCUT2D eigenvalue weighted by Gasteiger charge is 2.20. The number of hydrogen-bond acceptors (Lipinski definition) is 4. The third-order valence-corrected chi connectivity index (χ3v) is 3.06. The Morgan fingerprint density at radius 2 is 2.00 bits per heavy atom. The lowest BCUT2D eigenvalue weighted by atomic mass is 10.2. The van der Waals surface area contributed by atoms with E-state index < -0.39 is 11.9 Å². The van der Waals surface area contributed by atoms with Crippen molar-refractivity contribution in [1.82, 2.24) is 0 Å². The van der Waals surface area contributed by atoms with Crippen molar-refractivity contribution in [1.29, 1.82) is 0 Å². The van der Waals surface area contributed by atoms with Gasteiger partial charge in [-0.15, -0.1) is 0 Å². The number of carbonyl (C=O) groups excluding carboxylic acids is 1. The number of benzene rings is 1. The summed E-state index contributed by atoms with van der Waals surface area (Å²) in [5.74, 6) is -1.61. The lowest BCUT2D eigenvalue weighted by Crippen LogP contribution is -2.04. The van der Waals surface area contributed by atoms with Gasteiger partial charge in [-0.2, -0.15) is 0 Å². The molecule has 4 nitrogen and oxygen atoms in total. The van der Waals surface area contributed by atoms with E-state index in [0.29, 0.717) is 5.39 Å². The van der Waals surface area contributed by atoms with Crippen molar-refractivity contribution in [2.24, 2.45) is 0 Å². The number of rotatable bonds is 2. The van der Waals surface area contributed by atoms with E-state index in [9.17, 15) is 9.59 Å². The predicted molar refractivity (Wildman–Crippen MR) is 60.1 cm³/mol. The normalized spacial score (nSPS) is 10.3. The fraction of sp³-hybridized carbons (Fsp3) is 0.0909. The smallest absolute Gasteiger partial charge is 0.341 e. The number of hydrogen-bond donors (Lipinski definition) is 1. The number of esters is 1. The van der Waals surface area contributed by atoms with E-state index in [-0.39, 0.29) is 10.6 Å². The highest BCUT2D eigenvalue weighted by molar-refractivity contribution is 7.21. The number of carboxylic acid groups (broad SMARTS) is 1. The van der Waals surface area contributed by atoms with Crippen molar-refractivity contribution >= 4 is 33.4 Å². The Hall–Kier alpha value is -1.88. The molecular formula is C11H8O4S. The van der Waals surface area contributed by atoms with Gasteiger partial charge in [0.05, 0.1) is 0 Å².